The molecular formula is C11H11NO2. The number of nitriles is 1. The lowest BCUT2D eigenvalue weighted by molar-refractivity contribution is -0.138. The first kappa shape index (κ1) is 10.3. The maximum absolute atomic E-state index is 11.2. The molecule has 0 radical (unpaired) electrons. The number of esters is 1. The summed E-state index contributed by atoms with van der Waals surface area (Å²) in [7, 11) is 0. The first-order chi connectivity index (χ1) is 6.77. The molecule has 0 unspecified atom stereocenters. The van der Waals surface area contributed by atoms with Crippen LogP contribution in [-0.4, -0.2) is 12.6 Å². The number of hydrogen-bond donors (Lipinski definition) is 0. The molecule has 0 bridgehead atoms. The Labute approximate surface area is 83.0 Å². The van der Waals surface area contributed by atoms with Crippen molar-refractivity contribution < 1.29 is 9.53 Å². The Morgan fingerprint density at radius 1 is 1.79 bits per heavy atom. The zero-order valence-corrected chi connectivity index (χ0v) is 7.99. The number of carbonyl (C=O) groups is 1. The molecule has 72 valence electrons. The van der Waals surface area contributed by atoms with Crippen molar-refractivity contribution in [1.29, 1.82) is 5.26 Å². The number of hydrogen-bond acceptors (Lipinski definition) is 3. The molecule has 0 N–H and O–H groups in total. The molecule has 0 spiro atoms. The van der Waals surface area contributed by atoms with E-state index in [4.69, 9.17) is 10.00 Å². The van der Waals surface area contributed by atoms with Crippen molar-refractivity contribution in [2.75, 3.05) is 6.61 Å². The Morgan fingerprint density at radius 2 is 2.57 bits per heavy atom. The number of carbonyl (C=O) groups excluding carboxylic acids is 1. The summed E-state index contributed by atoms with van der Waals surface area (Å²) < 4.78 is 4.73. The van der Waals surface area contributed by atoms with E-state index in [1.165, 1.54) is 0 Å². The van der Waals surface area contributed by atoms with Crippen LogP contribution in [0.5, 0.6) is 0 Å². The van der Waals surface area contributed by atoms with E-state index in [0.29, 0.717) is 0 Å². The van der Waals surface area contributed by atoms with E-state index in [2.05, 4.69) is 0 Å². The van der Waals surface area contributed by atoms with Gasteiger partial charge in [0.25, 0.3) is 0 Å². The lowest BCUT2D eigenvalue weighted by Crippen LogP contribution is -2.06. The fourth-order valence-electron chi connectivity index (χ4n) is 1.10. The van der Waals surface area contributed by atoms with E-state index in [1.54, 1.807) is 13.0 Å². The van der Waals surface area contributed by atoms with Gasteiger partial charge in [-0.1, -0.05) is 18.2 Å². The van der Waals surface area contributed by atoms with Crippen LogP contribution in [-0.2, 0) is 9.53 Å². The highest BCUT2D eigenvalue weighted by Crippen LogP contribution is 2.14. The molecule has 1 rings (SSSR count). The van der Waals surface area contributed by atoms with E-state index in [1.807, 2.05) is 24.3 Å². The topological polar surface area (TPSA) is 50.1 Å². The molecule has 0 aromatic rings. The molecule has 0 aromatic heterocycles. The molecule has 14 heavy (non-hydrogen) atoms. The summed E-state index contributed by atoms with van der Waals surface area (Å²) in [6, 6.07) is 1.83. The molecule has 0 saturated carbocycles. The predicted octanol–water partition coefficient (Wildman–Crippen LogP) is 1.89. The Kier molecular flexibility index (Phi) is 3.69. The van der Waals surface area contributed by atoms with E-state index < -0.39 is 5.97 Å². The van der Waals surface area contributed by atoms with Gasteiger partial charge in [0.2, 0.25) is 0 Å². The molecule has 0 heterocycles. The maximum atomic E-state index is 11.2. The van der Waals surface area contributed by atoms with Gasteiger partial charge in [0, 0.05) is 0 Å². The fraction of sp³-hybridized carbons (Fsp3) is 0.273. The minimum absolute atomic E-state index is 0.0572. The highest BCUT2D eigenvalue weighted by molar-refractivity contribution is 5.93. The van der Waals surface area contributed by atoms with Crippen molar-refractivity contribution in [3.8, 4) is 6.07 Å². The SMILES string of the molecule is CCOC(=O)/C(C#N)=C/C1=CC=CC1. The van der Waals surface area contributed by atoms with Crippen molar-refractivity contribution in [2.24, 2.45) is 0 Å². The third kappa shape index (κ3) is 2.60. The van der Waals surface area contributed by atoms with Gasteiger partial charge in [0.15, 0.2) is 0 Å². The first-order valence-corrected chi connectivity index (χ1v) is 4.42. The first-order valence-electron chi connectivity index (χ1n) is 4.42. The molecular weight excluding hydrogens is 178 g/mol. The van der Waals surface area contributed by atoms with Gasteiger partial charge in [0.1, 0.15) is 11.6 Å². The van der Waals surface area contributed by atoms with Gasteiger partial charge in [0.05, 0.1) is 6.61 Å². The Bertz CT molecular complexity index is 356. The largest absolute Gasteiger partial charge is 0.462 e. The van der Waals surface area contributed by atoms with Gasteiger partial charge < -0.3 is 4.74 Å². The molecule has 3 nitrogen and oxygen atoms in total. The minimum Gasteiger partial charge on any atom is -0.462 e. The van der Waals surface area contributed by atoms with Gasteiger partial charge in [-0.15, -0.1) is 0 Å². The van der Waals surface area contributed by atoms with Crippen LogP contribution < -0.4 is 0 Å². The molecule has 1 aliphatic rings. The third-order valence-electron chi connectivity index (χ3n) is 1.75. The Balaban J connectivity index is 2.72. The average Bonchev–Trinajstić information content (AvgIpc) is 2.66. The molecule has 0 atom stereocenters. The number of ether oxygens (including phenoxy) is 1. The molecule has 1 aliphatic carbocycles. The van der Waals surface area contributed by atoms with Crippen LogP contribution in [0.1, 0.15) is 13.3 Å². The molecule has 0 saturated heterocycles. The fourth-order valence-corrected chi connectivity index (χ4v) is 1.10. The molecule has 0 fully saturated rings. The second kappa shape index (κ2) is 5.03. The molecule has 0 amide bonds. The van der Waals surface area contributed by atoms with Crippen LogP contribution in [0.3, 0.4) is 0 Å². The summed E-state index contributed by atoms with van der Waals surface area (Å²) in [5.74, 6) is -0.553. The zero-order chi connectivity index (χ0) is 10.4. The highest BCUT2D eigenvalue weighted by atomic mass is 16.5. The average molecular weight is 189 g/mol. The monoisotopic (exact) mass is 189 g/mol. The quantitative estimate of drug-likeness (QED) is 0.387. The normalized spacial score (nSPS) is 14.9. The van der Waals surface area contributed by atoms with Crippen molar-refractivity contribution in [2.45, 2.75) is 13.3 Å². The Morgan fingerprint density at radius 3 is 3.07 bits per heavy atom. The third-order valence-corrected chi connectivity index (χ3v) is 1.75. The summed E-state index contributed by atoms with van der Waals surface area (Å²) >= 11 is 0. The summed E-state index contributed by atoms with van der Waals surface area (Å²) in [5, 5.41) is 8.72. The van der Waals surface area contributed by atoms with Crippen molar-refractivity contribution in [1.82, 2.24) is 0 Å². The second-order valence-electron chi connectivity index (χ2n) is 2.76. The van der Waals surface area contributed by atoms with E-state index in [9.17, 15) is 4.79 Å². The smallest absolute Gasteiger partial charge is 0.348 e. The van der Waals surface area contributed by atoms with Crippen molar-refractivity contribution in [3.63, 3.8) is 0 Å². The lowest BCUT2D eigenvalue weighted by atomic mass is 10.1. The number of nitrogens with zero attached hydrogens (tertiary/aromatic N) is 1. The summed E-state index contributed by atoms with van der Waals surface area (Å²) in [6.07, 6.45) is 8.07. The van der Waals surface area contributed by atoms with Gasteiger partial charge in [-0.2, -0.15) is 5.26 Å². The highest BCUT2D eigenvalue weighted by Gasteiger charge is 2.10. The molecule has 3 heteroatoms. The summed E-state index contributed by atoms with van der Waals surface area (Å²) in [5.41, 5.74) is 1.01. The van der Waals surface area contributed by atoms with Crippen molar-refractivity contribution in [3.05, 3.63) is 35.5 Å². The lowest BCUT2D eigenvalue weighted by Gasteiger charge is -1.99. The molecule has 0 aromatic carbocycles. The van der Waals surface area contributed by atoms with Crippen LogP contribution >= 0.6 is 0 Å². The van der Waals surface area contributed by atoms with Crippen LogP contribution in [0.25, 0.3) is 0 Å². The Hall–Kier alpha value is -1.82. The van der Waals surface area contributed by atoms with Crippen LogP contribution in [0.15, 0.2) is 35.5 Å². The van der Waals surface area contributed by atoms with Crippen LogP contribution in [0.4, 0.5) is 0 Å². The van der Waals surface area contributed by atoms with Gasteiger partial charge in [-0.3, -0.25) is 0 Å². The van der Waals surface area contributed by atoms with Crippen LogP contribution in [0, 0.1) is 11.3 Å². The second-order valence-corrected chi connectivity index (χ2v) is 2.76. The van der Waals surface area contributed by atoms with E-state index >= 15 is 0 Å². The summed E-state index contributed by atoms with van der Waals surface area (Å²) in [4.78, 5) is 11.2. The predicted molar refractivity (Wildman–Crippen MR) is 52.2 cm³/mol. The van der Waals surface area contributed by atoms with E-state index in [0.717, 1.165) is 12.0 Å². The summed E-state index contributed by atoms with van der Waals surface area (Å²) in [6.45, 7) is 2.00. The molecule has 0 aliphatic heterocycles. The van der Waals surface area contributed by atoms with Crippen molar-refractivity contribution >= 4 is 5.97 Å². The van der Waals surface area contributed by atoms with Gasteiger partial charge >= 0.3 is 5.97 Å². The minimum atomic E-state index is -0.553. The maximum Gasteiger partial charge on any atom is 0.348 e. The standard InChI is InChI=1S/C11H11NO2/c1-2-14-11(13)10(8-12)7-9-5-3-4-6-9/h3-5,7H,2,6H2,1H3/b10-7+. The van der Waals surface area contributed by atoms with E-state index in [-0.39, 0.29) is 12.2 Å². The number of allylic oxidation sites excluding steroid dienone is 5. The zero-order valence-electron chi connectivity index (χ0n) is 7.99. The number of rotatable bonds is 3. The van der Waals surface area contributed by atoms with Gasteiger partial charge in [-0.25, -0.2) is 4.79 Å². The van der Waals surface area contributed by atoms with Gasteiger partial charge in [-0.05, 0) is 25.0 Å². The van der Waals surface area contributed by atoms with Crippen LogP contribution in [0.2, 0.25) is 0 Å².